The van der Waals surface area contributed by atoms with E-state index in [4.69, 9.17) is 4.42 Å². The zero-order chi connectivity index (χ0) is 22.6. The fourth-order valence-corrected chi connectivity index (χ4v) is 5.39. The highest BCUT2D eigenvalue weighted by Crippen LogP contribution is 2.27. The van der Waals surface area contributed by atoms with Gasteiger partial charge < -0.3 is 20.0 Å². The van der Waals surface area contributed by atoms with Gasteiger partial charge in [-0.1, -0.05) is 28.8 Å². The van der Waals surface area contributed by atoms with Gasteiger partial charge in [0.15, 0.2) is 0 Å². The summed E-state index contributed by atoms with van der Waals surface area (Å²) in [6, 6.07) is 13.9. The molecule has 3 aromatic rings. The first-order valence-electron chi connectivity index (χ1n) is 11.9. The molecule has 1 aliphatic heterocycles. The first kappa shape index (κ1) is 22.3. The molecule has 5 rings (SSSR count). The fraction of sp³-hybridized carbons (Fsp3) is 0.480. The lowest BCUT2D eigenvalue weighted by atomic mass is 9.89. The molecule has 1 saturated carbocycles. The molecule has 0 bridgehead atoms. The Morgan fingerprint density at radius 3 is 2.58 bits per heavy atom. The number of piperidine rings is 1. The van der Waals surface area contributed by atoms with Crippen molar-refractivity contribution in [2.24, 2.45) is 0 Å². The number of aryl methyl sites for hydroxylation is 1. The van der Waals surface area contributed by atoms with Crippen LogP contribution in [0.1, 0.15) is 44.4 Å². The molecule has 2 unspecified atom stereocenters. The molecule has 3 heterocycles. The van der Waals surface area contributed by atoms with E-state index >= 15 is 0 Å². The van der Waals surface area contributed by atoms with Crippen molar-refractivity contribution in [3.8, 4) is 11.5 Å². The molecule has 1 aliphatic carbocycles. The van der Waals surface area contributed by atoms with Crippen LogP contribution in [0, 0.1) is 6.92 Å². The molecule has 0 spiro atoms. The van der Waals surface area contributed by atoms with Crippen molar-refractivity contribution in [1.82, 2.24) is 20.5 Å². The zero-order valence-corrected chi connectivity index (χ0v) is 20.6. The minimum atomic E-state index is 0.410. The molecule has 0 radical (unpaired) electrons. The first-order chi connectivity index (χ1) is 16.1. The maximum absolute atomic E-state index is 5.56. The molecule has 2 fully saturated rings. The van der Waals surface area contributed by atoms with Crippen LogP contribution in [-0.4, -0.2) is 46.4 Å². The lowest BCUT2D eigenvalue weighted by Gasteiger charge is -2.40. The van der Waals surface area contributed by atoms with Gasteiger partial charge in [-0.05, 0) is 62.1 Å². The minimum absolute atomic E-state index is 0.410. The number of halogens is 1. The Morgan fingerprint density at radius 2 is 1.82 bits per heavy atom. The lowest BCUT2D eigenvalue weighted by Crippen LogP contribution is -2.54. The average molecular weight is 511 g/mol. The molecule has 174 valence electrons. The number of aromatic nitrogens is 3. The Morgan fingerprint density at radius 1 is 1.00 bits per heavy atom. The molecule has 7 nitrogen and oxygen atoms in total. The van der Waals surface area contributed by atoms with Crippen molar-refractivity contribution in [3.63, 3.8) is 0 Å². The molecule has 2 aliphatic rings. The molecule has 8 heteroatoms. The highest BCUT2D eigenvalue weighted by Gasteiger charge is 2.29. The van der Waals surface area contributed by atoms with Crippen LogP contribution < -0.4 is 15.5 Å². The second-order valence-corrected chi connectivity index (χ2v) is 10.0. The number of hydrogen-bond acceptors (Lipinski definition) is 7. The monoisotopic (exact) mass is 510 g/mol. The summed E-state index contributed by atoms with van der Waals surface area (Å²) in [5.74, 6) is 2.11. The number of nitrogens with one attached hydrogen (secondary N) is 2. The van der Waals surface area contributed by atoms with Crippen molar-refractivity contribution in [2.45, 2.75) is 63.6 Å². The smallest absolute Gasteiger partial charge is 0.247 e. The third-order valence-electron chi connectivity index (χ3n) is 6.70. The number of nitrogens with zero attached hydrogens (tertiary/aromatic N) is 4. The van der Waals surface area contributed by atoms with Gasteiger partial charge in [-0.15, -0.1) is 10.2 Å². The van der Waals surface area contributed by atoms with E-state index in [0.717, 1.165) is 28.9 Å². The maximum atomic E-state index is 5.56. The summed E-state index contributed by atoms with van der Waals surface area (Å²) in [4.78, 5) is 7.00. The molecule has 3 atom stereocenters. The van der Waals surface area contributed by atoms with Gasteiger partial charge in [0.05, 0.1) is 0 Å². The average Bonchev–Trinajstić information content (AvgIpc) is 3.27. The molecular formula is C25H31BrN6O. The third-order valence-corrected chi connectivity index (χ3v) is 7.19. The highest BCUT2D eigenvalue weighted by molar-refractivity contribution is 9.10. The van der Waals surface area contributed by atoms with Gasteiger partial charge in [-0.3, -0.25) is 0 Å². The molecule has 0 amide bonds. The number of rotatable bonds is 6. The fourth-order valence-electron chi connectivity index (χ4n) is 5.06. The zero-order valence-electron chi connectivity index (χ0n) is 19.0. The van der Waals surface area contributed by atoms with Gasteiger partial charge in [-0.25, -0.2) is 4.98 Å². The Labute approximate surface area is 203 Å². The van der Waals surface area contributed by atoms with Gasteiger partial charge in [0.1, 0.15) is 5.82 Å². The van der Waals surface area contributed by atoms with E-state index in [1.165, 1.54) is 44.2 Å². The summed E-state index contributed by atoms with van der Waals surface area (Å²) < 4.78 is 6.62. The first-order valence-corrected chi connectivity index (χ1v) is 12.7. The van der Waals surface area contributed by atoms with Crippen molar-refractivity contribution in [2.75, 3.05) is 23.3 Å². The van der Waals surface area contributed by atoms with Crippen LogP contribution in [0.4, 0.5) is 11.5 Å². The molecular weight excluding hydrogens is 480 g/mol. The van der Waals surface area contributed by atoms with Crippen LogP contribution >= 0.6 is 15.9 Å². The summed E-state index contributed by atoms with van der Waals surface area (Å²) in [7, 11) is 0. The van der Waals surface area contributed by atoms with Gasteiger partial charge in [0.25, 0.3) is 0 Å². The maximum Gasteiger partial charge on any atom is 0.247 e. The summed E-state index contributed by atoms with van der Waals surface area (Å²) in [6.07, 6.45) is 9.21. The van der Waals surface area contributed by atoms with Gasteiger partial charge >= 0.3 is 0 Å². The predicted molar refractivity (Wildman–Crippen MR) is 134 cm³/mol. The SMILES string of the molecule is Cc1nnc(-c2ccc(N3CCCC(N[C@@H]4CCCCC4Nc4cc(Br)ccn4)C3)cc2)o1. The van der Waals surface area contributed by atoms with Crippen LogP contribution in [0.2, 0.25) is 0 Å². The normalized spacial score (nSPS) is 23.5. The second kappa shape index (κ2) is 10.2. The summed E-state index contributed by atoms with van der Waals surface area (Å²) in [5.41, 5.74) is 2.21. The topological polar surface area (TPSA) is 79.1 Å². The Balaban J connectivity index is 1.21. The number of benzene rings is 1. The second-order valence-electron chi connectivity index (χ2n) is 9.13. The van der Waals surface area contributed by atoms with Crippen LogP contribution in [0.25, 0.3) is 11.5 Å². The van der Waals surface area contributed by atoms with E-state index in [1.54, 1.807) is 0 Å². The van der Waals surface area contributed by atoms with Gasteiger partial charge in [-0.2, -0.15) is 0 Å². The van der Waals surface area contributed by atoms with Crippen molar-refractivity contribution < 1.29 is 4.42 Å². The van der Waals surface area contributed by atoms with Crippen molar-refractivity contribution in [1.29, 1.82) is 0 Å². The number of anilines is 2. The van der Waals surface area contributed by atoms with Gasteiger partial charge in [0, 0.05) is 60.1 Å². The minimum Gasteiger partial charge on any atom is -0.421 e. The van der Waals surface area contributed by atoms with Crippen molar-refractivity contribution >= 4 is 27.4 Å². The van der Waals surface area contributed by atoms with Crippen molar-refractivity contribution in [3.05, 3.63) is 53.0 Å². The Hall–Kier alpha value is -2.45. The molecule has 2 aromatic heterocycles. The van der Waals surface area contributed by atoms with Gasteiger partial charge in [0.2, 0.25) is 11.8 Å². The van der Waals surface area contributed by atoms with Crippen LogP contribution in [0.15, 0.2) is 51.5 Å². The van der Waals surface area contributed by atoms with E-state index in [-0.39, 0.29) is 0 Å². The van der Waals surface area contributed by atoms with E-state index in [0.29, 0.717) is 29.9 Å². The summed E-state index contributed by atoms with van der Waals surface area (Å²) in [6.45, 7) is 3.93. The highest BCUT2D eigenvalue weighted by atomic mass is 79.9. The largest absolute Gasteiger partial charge is 0.421 e. The lowest BCUT2D eigenvalue weighted by molar-refractivity contribution is 0.293. The van der Waals surface area contributed by atoms with E-state index in [9.17, 15) is 0 Å². The predicted octanol–water partition coefficient (Wildman–Crippen LogP) is 5.18. The molecule has 1 saturated heterocycles. The van der Waals surface area contributed by atoms with Crippen LogP contribution in [-0.2, 0) is 0 Å². The Kier molecular flexibility index (Phi) is 6.92. The van der Waals surface area contributed by atoms with Crippen LogP contribution in [0.3, 0.4) is 0 Å². The van der Waals surface area contributed by atoms with E-state index in [2.05, 4.69) is 77.0 Å². The molecule has 1 aromatic carbocycles. The number of hydrogen-bond donors (Lipinski definition) is 2. The quantitative estimate of drug-likeness (QED) is 0.472. The third kappa shape index (κ3) is 5.55. The molecule has 33 heavy (non-hydrogen) atoms. The summed E-state index contributed by atoms with van der Waals surface area (Å²) in [5, 5.41) is 15.8. The van der Waals surface area contributed by atoms with Crippen LogP contribution in [0.5, 0.6) is 0 Å². The Bertz CT molecular complexity index is 1060. The number of pyridine rings is 1. The summed E-state index contributed by atoms with van der Waals surface area (Å²) >= 11 is 3.56. The standard InChI is InChI=1S/C25H31BrN6O/c1-17-30-31-25(33-17)18-8-10-21(11-9-18)32-14-4-5-20(16-32)28-22-6-2-3-7-23(22)29-24-15-19(26)12-13-27-24/h8-13,15,20,22-23,28H,2-7,14,16H2,1H3,(H,27,29)/t20?,22-,23?/m1/s1. The molecule has 2 N–H and O–H groups in total. The van der Waals surface area contributed by atoms with E-state index < -0.39 is 0 Å². The van der Waals surface area contributed by atoms with E-state index in [1.807, 2.05) is 19.2 Å².